The van der Waals surface area contributed by atoms with Crippen LogP contribution >= 0.6 is 11.8 Å². The van der Waals surface area contributed by atoms with E-state index in [2.05, 4.69) is 41.3 Å². The van der Waals surface area contributed by atoms with Gasteiger partial charge in [-0.25, -0.2) is 13.0 Å². The molecular weight excluding hydrogens is 315 g/mol. The molecule has 20 heavy (non-hydrogen) atoms. The molecule has 0 amide bonds. The molecule has 4 nitrogen and oxygen atoms in total. The van der Waals surface area contributed by atoms with E-state index in [1.165, 1.54) is 10.5 Å². The minimum atomic E-state index is -6.09. The van der Waals surface area contributed by atoms with Gasteiger partial charge in [-0.05, 0) is 18.4 Å². The SMILES string of the molecule is CSc1ccccc1C=[N+](C)C.O=S(=O)([O-])C(F)(F)F. The van der Waals surface area contributed by atoms with Crippen LogP contribution in [0.15, 0.2) is 29.2 Å². The van der Waals surface area contributed by atoms with Gasteiger partial charge in [0.1, 0.15) is 14.1 Å². The minimum Gasteiger partial charge on any atom is -0.741 e. The Bertz CT molecular complexity index is 565. The van der Waals surface area contributed by atoms with Crippen molar-refractivity contribution in [1.82, 2.24) is 0 Å². The first-order valence-corrected chi connectivity index (χ1v) is 7.79. The Morgan fingerprint density at radius 2 is 1.70 bits per heavy atom. The maximum atomic E-state index is 10.7. The number of nitrogens with zero attached hydrogens (tertiary/aromatic N) is 1. The highest BCUT2D eigenvalue weighted by molar-refractivity contribution is 7.98. The standard InChI is InChI=1S/C10H14NS.CHF3O3S/c1-11(2)8-9-6-4-5-7-10(9)12-3;2-1(3,4)8(5,6)7/h4-8H,1-3H3;(H,5,6,7)/q+1;/p-1. The van der Waals surface area contributed by atoms with Crippen LogP contribution in [0.5, 0.6) is 0 Å². The molecule has 1 aromatic rings. The number of benzene rings is 1. The van der Waals surface area contributed by atoms with Crippen molar-refractivity contribution >= 4 is 28.1 Å². The summed E-state index contributed by atoms with van der Waals surface area (Å²) in [6.45, 7) is 0. The highest BCUT2D eigenvalue weighted by Crippen LogP contribution is 2.20. The quantitative estimate of drug-likeness (QED) is 0.274. The number of hydrogen-bond donors (Lipinski definition) is 0. The zero-order valence-electron chi connectivity index (χ0n) is 11.0. The molecule has 0 aromatic heterocycles. The van der Waals surface area contributed by atoms with Crippen molar-refractivity contribution in [2.45, 2.75) is 10.4 Å². The van der Waals surface area contributed by atoms with E-state index in [-0.39, 0.29) is 0 Å². The molecule has 0 saturated heterocycles. The molecular formula is C11H14F3NO3S2. The molecule has 0 bridgehead atoms. The Labute approximate surface area is 120 Å². The molecule has 0 aliphatic carbocycles. The van der Waals surface area contributed by atoms with Gasteiger partial charge >= 0.3 is 5.51 Å². The van der Waals surface area contributed by atoms with Crippen LogP contribution in [-0.4, -0.2) is 49.6 Å². The lowest BCUT2D eigenvalue weighted by Crippen LogP contribution is -2.21. The molecule has 9 heteroatoms. The first kappa shape index (κ1) is 18.9. The van der Waals surface area contributed by atoms with Crippen LogP contribution in [0.4, 0.5) is 13.2 Å². The van der Waals surface area contributed by atoms with E-state index in [9.17, 15) is 13.2 Å². The number of halogens is 3. The third-order valence-corrected chi connectivity index (χ3v) is 3.20. The Balaban J connectivity index is 0.000000396. The van der Waals surface area contributed by atoms with Crippen molar-refractivity contribution in [2.75, 3.05) is 20.4 Å². The normalized spacial score (nSPS) is 11.3. The summed E-state index contributed by atoms with van der Waals surface area (Å²) >= 11 is 1.78. The Kier molecular flexibility index (Phi) is 7.25. The number of thioether (sulfide) groups is 1. The third-order valence-electron chi connectivity index (χ3n) is 1.82. The summed E-state index contributed by atoms with van der Waals surface area (Å²) in [5.74, 6) is 0. The lowest BCUT2D eigenvalue weighted by molar-refractivity contribution is -0.458. The zero-order chi connectivity index (χ0) is 16.0. The van der Waals surface area contributed by atoms with E-state index < -0.39 is 15.6 Å². The fourth-order valence-corrected chi connectivity index (χ4v) is 1.62. The minimum absolute atomic E-state index is 1.29. The molecule has 0 N–H and O–H groups in total. The summed E-state index contributed by atoms with van der Waals surface area (Å²) in [6.07, 6.45) is 4.23. The van der Waals surface area contributed by atoms with Crippen LogP contribution in [0.1, 0.15) is 5.56 Å². The van der Waals surface area contributed by atoms with Crippen LogP contribution in [0.25, 0.3) is 0 Å². The average molecular weight is 329 g/mol. The summed E-state index contributed by atoms with van der Waals surface area (Å²) in [6, 6.07) is 8.40. The maximum Gasteiger partial charge on any atom is 0.485 e. The van der Waals surface area contributed by atoms with Crippen molar-refractivity contribution < 1.29 is 30.7 Å². The largest absolute Gasteiger partial charge is 0.741 e. The fraction of sp³-hybridized carbons (Fsp3) is 0.364. The van der Waals surface area contributed by atoms with Gasteiger partial charge in [-0.15, -0.1) is 11.8 Å². The third kappa shape index (κ3) is 6.92. The highest BCUT2D eigenvalue weighted by Gasteiger charge is 2.36. The molecule has 0 aliphatic heterocycles. The van der Waals surface area contributed by atoms with E-state index in [0.717, 1.165) is 0 Å². The maximum absolute atomic E-state index is 10.7. The summed E-state index contributed by atoms with van der Waals surface area (Å²) in [4.78, 5) is 1.33. The Morgan fingerprint density at radius 3 is 2.05 bits per heavy atom. The molecule has 0 saturated carbocycles. The molecule has 0 unspecified atom stereocenters. The van der Waals surface area contributed by atoms with Crippen molar-refractivity contribution in [3.63, 3.8) is 0 Å². The first-order chi connectivity index (χ1) is 8.99. The van der Waals surface area contributed by atoms with E-state index in [0.29, 0.717) is 0 Å². The second-order valence-corrected chi connectivity index (χ2v) is 5.95. The van der Waals surface area contributed by atoms with E-state index in [4.69, 9.17) is 13.0 Å². The molecule has 114 valence electrons. The highest BCUT2D eigenvalue weighted by atomic mass is 32.2. The molecule has 0 radical (unpaired) electrons. The van der Waals surface area contributed by atoms with Gasteiger partial charge in [0.15, 0.2) is 16.3 Å². The molecule has 0 heterocycles. The molecule has 0 atom stereocenters. The van der Waals surface area contributed by atoms with Crippen LogP contribution in [0.3, 0.4) is 0 Å². The number of hydrogen-bond acceptors (Lipinski definition) is 4. The fourth-order valence-electron chi connectivity index (χ4n) is 1.05. The molecule has 0 fully saturated rings. The second kappa shape index (κ2) is 7.65. The molecule has 1 aromatic carbocycles. The topological polar surface area (TPSA) is 60.2 Å². The zero-order valence-corrected chi connectivity index (χ0v) is 12.6. The number of rotatable bonds is 2. The number of alkyl halides is 3. The summed E-state index contributed by atoms with van der Waals surface area (Å²) in [7, 11) is -2.01. The molecule has 1 rings (SSSR count). The predicted molar refractivity (Wildman–Crippen MR) is 71.2 cm³/mol. The lowest BCUT2D eigenvalue weighted by atomic mass is 10.2. The van der Waals surface area contributed by atoms with E-state index in [1.54, 1.807) is 11.8 Å². The lowest BCUT2D eigenvalue weighted by Gasteiger charge is -2.08. The predicted octanol–water partition coefficient (Wildman–Crippen LogP) is 2.15. The Hall–Kier alpha value is -1.06. The average Bonchev–Trinajstić information content (AvgIpc) is 2.27. The van der Waals surface area contributed by atoms with Crippen LogP contribution in [0.2, 0.25) is 0 Å². The van der Waals surface area contributed by atoms with Crippen molar-refractivity contribution in [3.05, 3.63) is 29.8 Å². The van der Waals surface area contributed by atoms with Crippen molar-refractivity contribution in [1.29, 1.82) is 0 Å². The van der Waals surface area contributed by atoms with Gasteiger partial charge in [-0.2, -0.15) is 13.2 Å². The molecule has 0 aliphatic rings. The van der Waals surface area contributed by atoms with Crippen LogP contribution in [0, 0.1) is 0 Å². The van der Waals surface area contributed by atoms with Crippen molar-refractivity contribution in [3.8, 4) is 0 Å². The summed E-state index contributed by atoms with van der Waals surface area (Å²) < 4.78 is 61.0. The van der Waals surface area contributed by atoms with E-state index in [1.807, 2.05) is 14.1 Å². The first-order valence-electron chi connectivity index (χ1n) is 5.15. The summed E-state index contributed by atoms with van der Waals surface area (Å²) in [5.41, 5.74) is -4.36. The van der Waals surface area contributed by atoms with Gasteiger partial charge in [-0.3, -0.25) is 0 Å². The van der Waals surface area contributed by atoms with Gasteiger partial charge in [0.05, 0.1) is 5.56 Å². The summed E-state index contributed by atoms with van der Waals surface area (Å²) in [5, 5.41) is 0. The monoisotopic (exact) mass is 329 g/mol. The Morgan fingerprint density at radius 1 is 1.25 bits per heavy atom. The van der Waals surface area contributed by atoms with Gasteiger partial charge < -0.3 is 4.55 Å². The van der Waals surface area contributed by atoms with Gasteiger partial charge in [0.2, 0.25) is 0 Å². The second-order valence-electron chi connectivity index (χ2n) is 3.73. The van der Waals surface area contributed by atoms with Crippen LogP contribution in [-0.2, 0) is 10.1 Å². The van der Waals surface area contributed by atoms with Crippen molar-refractivity contribution in [2.24, 2.45) is 0 Å². The van der Waals surface area contributed by atoms with Gasteiger partial charge in [-0.1, -0.05) is 12.1 Å². The van der Waals surface area contributed by atoms with Crippen LogP contribution < -0.4 is 0 Å². The van der Waals surface area contributed by atoms with Gasteiger partial charge in [0, 0.05) is 4.90 Å². The van der Waals surface area contributed by atoms with Gasteiger partial charge in [0.25, 0.3) is 0 Å². The van der Waals surface area contributed by atoms with E-state index >= 15 is 0 Å². The smallest absolute Gasteiger partial charge is 0.485 e. The molecule has 0 spiro atoms.